The highest BCUT2D eigenvalue weighted by molar-refractivity contribution is 7.99. The Kier molecular flexibility index (Phi) is 6.26. The summed E-state index contributed by atoms with van der Waals surface area (Å²) < 4.78 is 26.1. The third-order valence-electron chi connectivity index (χ3n) is 3.15. The van der Waals surface area contributed by atoms with Crippen LogP contribution in [0.3, 0.4) is 0 Å². The third kappa shape index (κ3) is 5.00. The van der Waals surface area contributed by atoms with Gasteiger partial charge < -0.3 is 10.9 Å². The number of benzene rings is 1. The van der Waals surface area contributed by atoms with E-state index in [1.807, 2.05) is 13.8 Å². The van der Waals surface area contributed by atoms with Crippen molar-refractivity contribution in [2.75, 3.05) is 5.75 Å². The highest BCUT2D eigenvalue weighted by Crippen LogP contribution is 2.26. The van der Waals surface area contributed by atoms with Crippen LogP contribution >= 0.6 is 11.8 Å². The van der Waals surface area contributed by atoms with Crippen LogP contribution in [0.5, 0.6) is 0 Å². The van der Waals surface area contributed by atoms with Crippen molar-refractivity contribution in [2.45, 2.75) is 38.0 Å². The molecule has 0 aliphatic heterocycles. The number of nitrogens with zero attached hydrogens (tertiary/aromatic N) is 1. The molecule has 0 bridgehead atoms. The zero-order valence-corrected chi connectivity index (χ0v) is 12.5. The predicted octanol–water partition coefficient (Wildman–Crippen LogP) is 4.00. The molecule has 0 aromatic heterocycles. The molecule has 20 heavy (non-hydrogen) atoms. The second-order valence-corrected chi connectivity index (χ2v) is 6.39. The van der Waals surface area contributed by atoms with Crippen molar-refractivity contribution in [3.8, 4) is 0 Å². The number of oxime groups is 1. The third-order valence-corrected chi connectivity index (χ3v) is 4.28. The molecule has 0 fully saturated rings. The van der Waals surface area contributed by atoms with E-state index in [0.717, 1.165) is 31.1 Å². The number of rotatable bonds is 7. The summed E-state index contributed by atoms with van der Waals surface area (Å²) in [5.74, 6) is -0.122. The van der Waals surface area contributed by atoms with E-state index in [-0.39, 0.29) is 11.3 Å². The molecule has 0 radical (unpaired) electrons. The largest absolute Gasteiger partial charge is 0.409 e. The maximum Gasteiger partial charge on any atom is 0.144 e. The molecule has 6 heteroatoms. The molecule has 112 valence electrons. The number of hydrogen-bond acceptors (Lipinski definition) is 3. The first-order chi connectivity index (χ1) is 9.36. The van der Waals surface area contributed by atoms with Crippen molar-refractivity contribution in [3.05, 3.63) is 29.8 Å². The van der Waals surface area contributed by atoms with Crippen molar-refractivity contribution < 1.29 is 14.0 Å². The van der Waals surface area contributed by atoms with E-state index in [4.69, 9.17) is 10.9 Å². The molecule has 0 amide bonds. The first-order valence-corrected chi connectivity index (χ1v) is 7.41. The van der Waals surface area contributed by atoms with E-state index >= 15 is 0 Å². The molecule has 0 unspecified atom stereocenters. The monoisotopic (exact) mass is 302 g/mol. The van der Waals surface area contributed by atoms with Crippen LogP contribution in [0.1, 0.15) is 33.1 Å². The fourth-order valence-electron chi connectivity index (χ4n) is 1.71. The molecule has 0 aliphatic rings. The smallest absolute Gasteiger partial charge is 0.144 e. The topological polar surface area (TPSA) is 58.6 Å². The van der Waals surface area contributed by atoms with Crippen molar-refractivity contribution in [3.63, 3.8) is 0 Å². The van der Waals surface area contributed by atoms with Gasteiger partial charge in [0.05, 0.1) is 0 Å². The lowest BCUT2D eigenvalue weighted by atomic mass is 9.86. The molecule has 0 saturated heterocycles. The minimum absolute atomic E-state index is 0.217. The zero-order valence-electron chi connectivity index (χ0n) is 11.7. The summed E-state index contributed by atoms with van der Waals surface area (Å²) in [4.78, 5) is 0.460. The van der Waals surface area contributed by atoms with E-state index in [9.17, 15) is 8.78 Å². The maximum atomic E-state index is 13.4. The zero-order chi connectivity index (χ0) is 15.2. The molecular weight excluding hydrogens is 282 g/mol. The molecule has 1 aromatic carbocycles. The molecule has 0 heterocycles. The van der Waals surface area contributed by atoms with Gasteiger partial charge in [0.2, 0.25) is 0 Å². The summed E-state index contributed by atoms with van der Waals surface area (Å²) in [7, 11) is 0. The van der Waals surface area contributed by atoms with Gasteiger partial charge in [0.1, 0.15) is 17.5 Å². The second kappa shape index (κ2) is 7.47. The van der Waals surface area contributed by atoms with Crippen LogP contribution in [0.15, 0.2) is 28.3 Å². The lowest BCUT2D eigenvalue weighted by molar-refractivity contribution is 0.304. The molecule has 3 N–H and O–H groups in total. The summed E-state index contributed by atoms with van der Waals surface area (Å²) in [6.45, 7) is 3.82. The maximum absolute atomic E-state index is 13.4. The number of thioether (sulfide) groups is 1. The van der Waals surface area contributed by atoms with Crippen LogP contribution in [0.2, 0.25) is 0 Å². The van der Waals surface area contributed by atoms with Crippen LogP contribution in [-0.4, -0.2) is 16.8 Å². The average molecular weight is 302 g/mol. The van der Waals surface area contributed by atoms with Crippen molar-refractivity contribution in [1.82, 2.24) is 0 Å². The molecule has 0 saturated carbocycles. The van der Waals surface area contributed by atoms with Gasteiger partial charge in [0, 0.05) is 16.4 Å². The fourth-order valence-corrected chi connectivity index (χ4v) is 2.64. The van der Waals surface area contributed by atoms with E-state index in [1.54, 1.807) is 0 Å². The average Bonchev–Trinajstić information content (AvgIpc) is 2.39. The quantitative estimate of drug-likeness (QED) is 0.200. The van der Waals surface area contributed by atoms with Gasteiger partial charge in [-0.3, -0.25) is 0 Å². The second-order valence-electron chi connectivity index (χ2n) is 5.25. The number of unbranched alkanes of at least 4 members (excludes halogenated alkanes) is 1. The molecular formula is C14H20F2N2OS. The van der Waals surface area contributed by atoms with Crippen LogP contribution in [0.4, 0.5) is 8.78 Å². The van der Waals surface area contributed by atoms with Gasteiger partial charge >= 0.3 is 0 Å². The highest BCUT2D eigenvalue weighted by Gasteiger charge is 2.22. The van der Waals surface area contributed by atoms with Gasteiger partial charge in [-0.15, -0.1) is 11.8 Å². The SMILES string of the molecule is CC(C)(CCCCSc1ccc(F)cc1F)/C(N)=N/O. The molecule has 0 atom stereocenters. The van der Waals surface area contributed by atoms with Gasteiger partial charge in [-0.2, -0.15) is 0 Å². The minimum Gasteiger partial charge on any atom is -0.409 e. The lowest BCUT2D eigenvalue weighted by Crippen LogP contribution is -2.31. The van der Waals surface area contributed by atoms with Crippen LogP contribution in [-0.2, 0) is 0 Å². The Hall–Kier alpha value is -1.30. The molecule has 0 spiro atoms. The van der Waals surface area contributed by atoms with Gasteiger partial charge in [-0.1, -0.05) is 25.4 Å². The summed E-state index contributed by atoms with van der Waals surface area (Å²) in [6.07, 6.45) is 2.55. The van der Waals surface area contributed by atoms with Crippen LogP contribution < -0.4 is 5.73 Å². The Morgan fingerprint density at radius 3 is 2.65 bits per heavy atom. The number of amidine groups is 1. The lowest BCUT2D eigenvalue weighted by Gasteiger charge is -2.22. The van der Waals surface area contributed by atoms with E-state index in [1.165, 1.54) is 23.9 Å². The van der Waals surface area contributed by atoms with E-state index in [0.29, 0.717) is 4.90 Å². The van der Waals surface area contributed by atoms with Crippen molar-refractivity contribution in [1.29, 1.82) is 0 Å². The summed E-state index contributed by atoms with van der Waals surface area (Å²) in [5, 5.41) is 11.7. The standard InChI is InChI=1S/C14H20F2N2OS/c1-14(2,13(17)18-19)7-3-4-8-20-12-6-5-10(15)9-11(12)16/h5-6,9,19H,3-4,7-8H2,1-2H3,(H2,17,18). The van der Waals surface area contributed by atoms with Crippen molar-refractivity contribution in [2.24, 2.45) is 16.3 Å². The Balaban J connectivity index is 2.32. The van der Waals surface area contributed by atoms with Crippen molar-refractivity contribution >= 4 is 17.6 Å². The van der Waals surface area contributed by atoms with Gasteiger partial charge in [-0.05, 0) is 30.7 Å². The van der Waals surface area contributed by atoms with E-state index < -0.39 is 11.6 Å². The highest BCUT2D eigenvalue weighted by atomic mass is 32.2. The Bertz CT molecular complexity index is 478. The van der Waals surface area contributed by atoms with Gasteiger partial charge in [0.15, 0.2) is 0 Å². The minimum atomic E-state index is -0.563. The fraction of sp³-hybridized carbons (Fsp3) is 0.500. The first kappa shape index (κ1) is 16.8. The van der Waals surface area contributed by atoms with E-state index in [2.05, 4.69) is 5.16 Å². The summed E-state index contributed by atoms with van der Waals surface area (Å²) in [5.41, 5.74) is 5.25. The van der Waals surface area contributed by atoms with Crippen LogP contribution in [0, 0.1) is 17.0 Å². The normalized spacial score (nSPS) is 12.7. The number of halogens is 2. The summed E-state index contributed by atoms with van der Waals surface area (Å²) in [6, 6.07) is 3.60. The number of hydrogen-bond donors (Lipinski definition) is 2. The molecule has 3 nitrogen and oxygen atoms in total. The Labute approximate surface area is 122 Å². The molecule has 1 aromatic rings. The van der Waals surface area contributed by atoms with Gasteiger partial charge in [0.25, 0.3) is 0 Å². The first-order valence-electron chi connectivity index (χ1n) is 6.42. The number of nitrogens with two attached hydrogens (primary N) is 1. The molecule has 1 rings (SSSR count). The Morgan fingerprint density at radius 2 is 2.05 bits per heavy atom. The molecule has 0 aliphatic carbocycles. The van der Waals surface area contributed by atoms with Crippen LogP contribution in [0.25, 0.3) is 0 Å². The summed E-state index contributed by atoms with van der Waals surface area (Å²) >= 11 is 1.37. The predicted molar refractivity (Wildman–Crippen MR) is 78.1 cm³/mol. The Morgan fingerprint density at radius 1 is 1.35 bits per heavy atom. The van der Waals surface area contributed by atoms with Gasteiger partial charge in [-0.25, -0.2) is 8.78 Å².